The summed E-state index contributed by atoms with van der Waals surface area (Å²) in [6, 6.07) is 11.1. The lowest BCUT2D eigenvalue weighted by Gasteiger charge is -2.57. The Morgan fingerprint density at radius 1 is 1.08 bits per heavy atom. The molecule has 36 heavy (non-hydrogen) atoms. The highest BCUT2D eigenvalue weighted by molar-refractivity contribution is 5.91. The van der Waals surface area contributed by atoms with Gasteiger partial charge in [0.05, 0.1) is 0 Å². The number of aromatic nitrogens is 1. The largest absolute Gasteiger partial charge is 0.486 e. The fourth-order valence-electron chi connectivity index (χ4n) is 7.20. The van der Waals surface area contributed by atoms with Crippen LogP contribution in [0.3, 0.4) is 0 Å². The fraction of sp³-hybridized carbons (Fsp3) is 0.586. The molecule has 192 valence electrons. The van der Waals surface area contributed by atoms with Gasteiger partial charge in [0.15, 0.2) is 11.5 Å². The minimum Gasteiger partial charge on any atom is -0.486 e. The van der Waals surface area contributed by atoms with Crippen molar-refractivity contribution in [3.05, 3.63) is 48.3 Å². The first kappa shape index (κ1) is 23.7. The normalized spacial score (nSPS) is 27.8. The van der Waals surface area contributed by atoms with Crippen LogP contribution in [0.1, 0.15) is 50.5 Å². The summed E-state index contributed by atoms with van der Waals surface area (Å²) in [4.78, 5) is 22.7. The molecule has 6 rings (SSSR count). The van der Waals surface area contributed by atoms with E-state index in [1.54, 1.807) is 0 Å². The molecule has 0 aliphatic carbocycles. The fourth-order valence-corrected chi connectivity index (χ4v) is 7.20. The van der Waals surface area contributed by atoms with Crippen LogP contribution in [0.25, 0.3) is 0 Å². The van der Waals surface area contributed by atoms with Crippen LogP contribution in [0.2, 0.25) is 0 Å². The zero-order chi connectivity index (χ0) is 24.3. The summed E-state index contributed by atoms with van der Waals surface area (Å²) in [7, 11) is 0. The Labute approximate surface area is 214 Å². The van der Waals surface area contributed by atoms with E-state index in [9.17, 15) is 4.79 Å². The second-order valence-electron chi connectivity index (χ2n) is 10.9. The van der Waals surface area contributed by atoms with E-state index in [1.807, 2.05) is 36.7 Å². The second-order valence-corrected chi connectivity index (χ2v) is 10.9. The first-order valence-corrected chi connectivity index (χ1v) is 13.8. The van der Waals surface area contributed by atoms with Gasteiger partial charge in [-0.05, 0) is 87.2 Å². The molecule has 0 spiro atoms. The molecule has 0 unspecified atom stereocenters. The van der Waals surface area contributed by atoms with Crippen LogP contribution in [0, 0.1) is 11.8 Å². The van der Waals surface area contributed by atoms with E-state index in [0.717, 1.165) is 42.8 Å². The number of pyridine rings is 1. The van der Waals surface area contributed by atoms with Gasteiger partial charge in [0.25, 0.3) is 0 Å². The monoisotopic (exact) mass is 490 g/mol. The molecule has 4 atom stereocenters. The summed E-state index contributed by atoms with van der Waals surface area (Å²) in [5, 5.41) is 3.06. The predicted molar refractivity (Wildman–Crippen MR) is 139 cm³/mol. The number of fused-ring (bicyclic) bond motifs is 1. The standard InChI is InChI=1S/C29H38N4O3/c34-28(31-23-10-11-26-27(17-23)36-16-15-35-26)9-1-8-25-24-7-4-14-32-13-3-6-22(29(24)32)20-33(25)19-21-5-2-12-30-18-21/h2,5,10-12,17-18,22,24-25,29H,1,3-4,6-9,13-16,19-20H2,(H,31,34)/t22-,24+,25+,29-/m0/s1. The van der Waals surface area contributed by atoms with Gasteiger partial charge in [-0.25, -0.2) is 0 Å². The highest BCUT2D eigenvalue weighted by Crippen LogP contribution is 2.43. The van der Waals surface area contributed by atoms with Crippen LogP contribution in [0.15, 0.2) is 42.7 Å². The molecule has 2 aromatic rings. The number of carbonyl (C=O) groups excluding carboxylic acids is 1. The molecule has 7 heteroatoms. The van der Waals surface area contributed by atoms with Crippen molar-refractivity contribution in [2.75, 3.05) is 38.2 Å². The van der Waals surface area contributed by atoms with E-state index in [0.29, 0.717) is 37.3 Å². The molecule has 1 aromatic heterocycles. The Kier molecular flexibility index (Phi) is 7.10. The Balaban J connectivity index is 1.11. The van der Waals surface area contributed by atoms with Crippen molar-refractivity contribution >= 4 is 11.6 Å². The van der Waals surface area contributed by atoms with Crippen molar-refractivity contribution < 1.29 is 14.3 Å². The molecule has 1 N–H and O–H groups in total. The number of likely N-dealkylation sites (tertiary alicyclic amines) is 1. The number of benzene rings is 1. The number of piperidine rings is 3. The molecule has 0 saturated carbocycles. The van der Waals surface area contributed by atoms with Crippen molar-refractivity contribution in [2.45, 2.75) is 63.6 Å². The average molecular weight is 491 g/mol. The van der Waals surface area contributed by atoms with E-state index >= 15 is 0 Å². The number of ether oxygens (including phenoxy) is 2. The molecule has 3 saturated heterocycles. The third kappa shape index (κ3) is 5.09. The topological polar surface area (TPSA) is 66.9 Å². The first-order chi connectivity index (χ1) is 17.7. The summed E-state index contributed by atoms with van der Waals surface area (Å²) in [5.74, 6) is 3.00. The van der Waals surface area contributed by atoms with Crippen molar-refractivity contribution in [3.63, 3.8) is 0 Å². The minimum atomic E-state index is 0.0714. The quantitative estimate of drug-likeness (QED) is 0.623. The lowest BCUT2D eigenvalue weighted by atomic mass is 9.69. The van der Waals surface area contributed by atoms with E-state index in [-0.39, 0.29) is 5.91 Å². The van der Waals surface area contributed by atoms with Crippen LogP contribution in [0.5, 0.6) is 11.5 Å². The van der Waals surface area contributed by atoms with E-state index < -0.39 is 0 Å². The van der Waals surface area contributed by atoms with Crippen molar-refractivity contribution in [2.24, 2.45) is 11.8 Å². The van der Waals surface area contributed by atoms with Crippen LogP contribution >= 0.6 is 0 Å². The van der Waals surface area contributed by atoms with E-state index in [1.165, 1.54) is 50.9 Å². The smallest absolute Gasteiger partial charge is 0.224 e. The van der Waals surface area contributed by atoms with E-state index in [2.05, 4.69) is 26.2 Å². The van der Waals surface area contributed by atoms with E-state index in [4.69, 9.17) is 9.47 Å². The number of amides is 1. The number of nitrogens with one attached hydrogen (secondary N) is 1. The molecule has 5 heterocycles. The van der Waals surface area contributed by atoms with Crippen molar-refractivity contribution in [1.82, 2.24) is 14.8 Å². The maximum absolute atomic E-state index is 12.8. The summed E-state index contributed by atoms with van der Waals surface area (Å²) in [5.41, 5.74) is 2.06. The Hall–Kier alpha value is -2.64. The van der Waals surface area contributed by atoms with Gasteiger partial charge < -0.3 is 14.8 Å². The zero-order valence-electron chi connectivity index (χ0n) is 21.1. The summed E-state index contributed by atoms with van der Waals surface area (Å²) in [6.07, 6.45) is 11.7. The van der Waals surface area contributed by atoms with Crippen LogP contribution < -0.4 is 14.8 Å². The average Bonchev–Trinajstić information content (AvgIpc) is 2.91. The Morgan fingerprint density at radius 3 is 2.81 bits per heavy atom. The lowest BCUT2D eigenvalue weighted by Crippen LogP contribution is -2.64. The number of hydrogen-bond donors (Lipinski definition) is 1. The summed E-state index contributed by atoms with van der Waals surface area (Å²) >= 11 is 0. The molecular formula is C29H38N4O3. The number of hydrogen-bond acceptors (Lipinski definition) is 6. The molecule has 0 bridgehead atoms. The van der Waals surface area contributed by atoms with Gasteiger partial charge in [-0.15, -0.1) is 0 Å². The predicted octanol–water partition coefficient (Wildman–Crippen LogP) is 4.34. The number of anilines is 1. The highest BCUT2D eigenvalue weighted by Gasteiger charge is 2.48. The molecule has 0 radical (unpaired) electrons. The summed E-state index contributed by atoms with van der Waals surface area (Å²) < 4.78 is 11.2. The second kappa shape index (κ2) is 10.8. The number of rotatable bonds is 7. The maximum Gasteiger partial charge on any atom is 0.224 e. The number of carbonyl (C=O) groups is 1. The van der Waals surface area contributed by atoms with Gasteiger partial charge in [-0.3, -0.25) is 19.6 Å². The van der Waals surface area contributed by atoms with Crippen LogP contribution in [-0.4, -0.2) is 65.6 Å². The number of nitrogens with zero attached hydrogens (tertiary/aromatic N) is 3. The minimum absolute atomic E-state index is 0.0714. The molecule has 7 nitrogen and oxygen atoms in total. The summed E-state index contributed by atoms with van der Waals surface area (Å²) in [6.45, 7) is 5.78. The van der Waals surface area contributed by atoms with Gasteiger partial charge in [0.1, 0.15) is 13.2 Å². The third-order valence-corrected chi connectivity index (χ3v) is 8.62. The molecule has 3 fully saturated rings. The lowest BCUT2D eigenvalue weighted by molar-refractivity contribution is -0.116. The molecule has 4 aliphatic rings. The van der Waals surface area contributed by atoms with Gasteiger partial charge in [0.2, 0.25) is 5.91 Å². The first-order valence-electron chi connectivity index (χ1n) is 13.8. The Morgan fingerprint density at radius 2 is 1.94 bits per heavy atom. The molecule has 4 aliphatic heterocycles. The molecule has 1 aromatic carbocycles. The van der Waals surface area contributed by atoms with Crippen LogP contribution in [-0.2, 0) is 11.3 Å². The van der Waals surface area contributed by atoms with Gasteiger partial charge in [0, 0.05) is 55.7 Å². The van der Waals surface area contributed by atoms with Gasteiger partial charge >= 0.3 is 0 Å². The zero-order valence-corrected chi connectivity index (χ0v) is 21.1. The SMILES string of the molecule is O=C(CCC[C@@H]1[C@H]2CCCN3CCC[C@@H](CN1Cc1cccnc1)[C@@H]23)Nc1ccc2c(c1)OCCO2. The van der Waals surface area contributed by atoms with Crippen molar-refractivity contribution in [1.29, 1.82) is 0 Å². The highest BCUT2D eigenvalue weighted by atomic mass is 16.6. The molecule has 1 amide bonds. The maximum atomic E-state index is 12.8. The van der Waals surface area contributed by atoms with Gasteiger partial charge in [-0.1, -0.05) is 6.07 Å². The van der Waals surface area contributed by atoms with Crippen LogP contribution in [0.4, 0.5) is 5.69 Å². The third-order valence-electron chi connectivity index (χ3n) is 8.62. The van der Waals surface area contributed by atoms with Gasteiger partial charge in [-0.2, -0.15) is 0 Å². The van der Waals surface area contributed by atoms with Crippen molar-refractivity contribution in [3.8, 4) is 11.5 Å². The Bertz CT molecular complexity index is 1050. The molecular weight excluding hydrogens is 452 g/mol.